The van der Waals surface area contributed by atoms with Gasteiger partial charge in [0.2, 0.25) is 0 Å². The first-order valence-electron chi connectivity index (χ1n) is 15.0. The lowest BCUT2D eigenvalue weighted by Gasteiger charge is -2.13. The van der Waals surface area contributed by atoms with Crippen LogP contribution in [0, 0.1) is 5.92 Å². The molecule has 0 saturated carbocycles. The summed E-state index contributed by atoms with van der Waals surface area (Å²) in [4.78, 5) is 24.8. The number of carbonyl (C=O) groups excluding carboxylic acids is 2. The standard InChI is InChI=1S/C35H43ClO6/c1-4-5-6-7-8-9-10-11-22-40-29-17-12-26(13-18-29)27-14-19-30(20-15-27)41-34(38)28-16-21-33(32(37)24-28)42-35(39)31(36)23-25(2)3/h12-21,24-25,31,37H,4-11,22-23H2,1-3H3/t31-/m0/s1. The van der Waals surface area contributed by atoms with Gasteiger partial charge < -0.3 is 19.3 Å². The highest BCUT2D eigenvalue weighted by Gasteiger charge is 2.21. The van der Waals surface area contributed by atoms with E-state index in [1.165, 1.54) is 63.1 Å². The molecule has 0 saturated heterocycles. The lowest BCUT2D eigenvalue weighted by molar-refractivity contribution is -0.134. The number of esters is 2. The second-order valence-corrected chi connectivity index (χ2v) is 11.5. The van der Waals surface area contributed by atoms with Crippen LogP contribution < -0.4 is 14.2 Å². The maximum atomic E-state index is 12.6. The van der Waals surface area contributed by atoms with Crippen LogP contribution in [-0.4, -0.2) is 29.0 Å². The Labute approximate surface area is 255 Å². The number of rotatable bonds is 17. The molecule has 3 aromatic rings. The average molecular weight is 595 g/mol. The monoisotopic (exact) mass is 594 g/mol. The van der Waals surface area contributed by atoms with Gasteiger partial charge in [0.1, 0.15) is 16.9 Å². The van der Waals surface area contributed by atoms with E-state index in [1.54, 1.807) is 12.1 Å². The van der Waals surface area contributed by atoms with Gasteiger partial charge in [0.15, 0.2) is 11.5 Å². The molecule has 226 valence electrons. The molecule has 0 aliphatic rings. The maximum absolute atomic E-state index is 12.6. The second-order valence-electron chi connectivity index (χ2n) is 11.0. The van der Waals surface area contributed by atoms with Gasteiger partial charge in [0.25, 0.3) is 0 Å². The summed E-state index contributed by atoms with van der Waals surface area (Å²) in [6.45, 7) is 6.86. The van der Waals surface area contributed by atoms with Crippen molar-refractivity contribution in [1.82, 2.24) is 0 Å². The molecule has 0 bridgehead atoms. The number of aromatic hydroxyl groups is 1. The summed E-state index contributed by atoms with van der Waals surface area (Å²) in [7, 11) is 0. The van der Waals surface area contributed by atoms with Crippen LogP contribution in [0.4, 0.5) is 0 Å². The Bertz CT molecular complexity index is 1250. The van der Waals surface area contributed by atoms with Crippen LogP contribution >= 0.6 is 11.6 Å². The summed E-state index contributed by atoms with van der Waals surface area (Å²) < 4.78 is 16.6. The highest BCUT2D eigenvalue weighted by Crippen LogP contribution is 2.29. The fourth-order valence-corrected chi connectivity index (χ4v) is 4.86. The van der Waals surface area contributed by atoms with Crippen molar-refractivity contribution in [3.05, 3.63) is 72.3 Å². The summed E-state index contributed by atoms with van der Waals surface area (Å²) in [6.07, 6.45) is 10.6. The average Bonchev–Trinajstić information content (AvgIpc) is 2.97. The molecule has 0 spiro atoms. The lowest BCUT2D eigenvalue weighted by Crippen LogP contribution is -2.22. The molecular weight excluding hydrogens is 552 g/mol. The van der Waals surface area contributed by atoms with Gasteiger partial charge in [-0.1, -0.05) is 90.0 Å². The molecule has 1 atom stereocenters. The van der Waals surface area contributed by atoms with Crippen molar-refractivity contribution in [3.8, 4) is 34.1 Å². The van der Waals surface area contributed by atoms with E-state index >= 15 is 0 Å². The Morgan fingerprint density at radius 3 is 1.90 bits per heavy atom. The maximum Gasteiger partial charge on any atom is 0.343 e. The van der Waals surface area contributed by atoms with Gasteiger partial charge in [-0.3, -0.25) is 4.79 Å². The molecule has 0 aliphatic carbocycles. The second kappa shape index (κ2) is 17.4. The molecule has 0 aromatic heterocycles. The summed E-state index contributed by atoms with van der Waals surface area (Å²) in [5.41, 5.74) is 2.11. The highest BCUT2D eigenvalue weighted by atomic mass is 35.5. The summed E-state index contributed by atoms with van der Waals surface area (Å²) in [5.74, 6) is -0.293. The number of ether oxygens (including phenoxy) is 3. The van der Waals surface area contributed by atoms with Gasteiger partial charge >= 0.3 is 11.9 Å². The van der Waals surface area contributed by atoms with E-state index in [0.717, 1.165) is 29.9 Å². The van der Waals surface area contributed by atoms with Crippen LogP contribution in [0.25, 0.3) is 11.1 Å². The number of halogens is 1. The molecular formula is C35H43ClO6. The summed E-state index contributed by atoms with van der Waals surface area (Å²) >= 11 is 6.07. The minimum Gasteiger partial charge on any atom is -0.504 e. The van der Waals surface area contributed by atoms with Crippen molar-refractivity contribution in [2.75, 3.05) is 6.61 Å². The van der Waals surface area contributed by atoms with E-state index in [4.69, 9.17) is 25.8 Å². The Morgan fingerprint density at radius 1 is 0.762 bits per heavy atom. The van der Waals surface area contributed by atoms with Crippen LogP contribution in [0.15, 0.2) is 66.7 Å². The SMILES string of the molecule is CCCCCCCCCCOc1ccc(-c2ccc(OC(=O)c3ccc(OC(=O)[C@@H](Cl)CC(C)C)c(O)c3)cc2)cc1. The fourth-order valence-electron chi connectivity index (χ4n) is 4.46. The van der Waals surface area contributed by atoms with Crippen molar-refractivity contribution >= 4 is 23.5 Å². The first-order chi connectivity index (χ1) is 20.3. The van der Waals surface area contributed by atoms with Crippen molar-refractivity contribution in [2.24, 2.45) is 5.92 Å². The van der Waals surface area contributed by atoms with Crippen LogP contribution in [0.2, 0.25) is 0 Å². The summed E-state index contributed by atoms with van der Waals surface area (Å²) in [5, 5.41) is 9.45. The van der Waals surface area contributed by atoms with Gasteiger partial charge in [-0.05, 0) is 72.4 Å². The van der Waals surface area contributed by atoms with Crippen LogP contribution in [0.3, 0.4) is 0 Å². The molecule has 42 heavy (non-hydrogen) atoms. The molecule has 1 N–H and O–H groups in total. The molecule has 0 heterocycles. The Kier molecular flexibility index (Phi) is 13.7. The predicted octanol–water partition coefficient (Wildman–Crippen LogP) is 9.36. The van der Waals surface area contributed by atoms with E-state index in [9.17, 15) is 14.7 Å². The van der Waals surface area contributed by atoms with E-state index in [1.807, 2.05) is 50.2 Å². The number of alkyl halides is 1. The minimum atomic E-state index is -0.826. The lowest BCUT2D eigenvalue weighted by atomic mass is 10.1. The number of phenolic OH excluding ortho intramolecular Hbond substituents is 1. The number of unbranched alkanes of at least 4 members (excludes halogenated alkanes) is 7. The number of hydrogen-bond acceptors (Lipinski definition) is 6. The molecule has 0 fully saturated rings. The molecule has 6 nitrogen and oxygen atoms in total. The van der Waals surface area contributed by atoms with Gasteiger partial charge in [0, 0.05) is 0 Å². The third kappa shape index (κ3) is 11.1. The van der Waals surface area contributed by atoms with Crippen molar-refractivity contribution in [3.63, 3.8) is 0 Å². The number of benzene rings is 3. The van der Waals surface area contributed by atoms with Gasteiger partial charge in [-0.15, -0.1) is 11.6 Å². The van der Waals surface area contributed by atoms with Crippen LogP contribution in [-0.2, 0) is 4.79 Å². The fraction of sp³-hybridized carbons (Fsp3) is 0.429. The van der Waals surface area contributed by atoms with Crippen molar-refractivity contribution in [2.45, 2.75) is 83.9 Å². The van der Waals surface area contributed by atoms with E-state index < -0.39 is 17.3 Å². The smallest absolute Gasteiger partial charge is 0.343 e. The highest BCUT2D eigenvalue weighted by molar-refractivity contribution is 6.30. The third-order valence-electron chi connectivity index (χ3n) is 6.86. The largest absolute Gasteiger partial charge is 0.504 e. The zero-order chi connectivity index (χ0) is 30.3. The zero-order valence-electron chi connectivity index (χ0n) is 24.9. The quantitative estimate of drug-likeness (QED) is 0.0725. The Balaban J connectivity index is 1.46. The molecule has 0 radical (unpaired) electrons. The predicted molar refractivity (Wildman–Crippen MR) is 168 cm³/mol. The molecule has 7 heteroatoms. The third-order valence-corrected chi connectivity index (χ3v) is 7.21. The van der Waals surface area contributed by atoms with Gasteiger partial charge in [-0.2, -0.15) is 0 Å². The zero-order valence-corrected chi connectivity index (χ0v) is 25.7. The van der Waals surface area contributed by atoms with Crippen molar-refractivity contribution in [1.29, 1.82) is 0 Å². The number of hydrogen-bond donors (Lipinski definition) is 1. The first-order valence-corrected chi connectivity index (χ1v) is 15.4. The van der Waals surface area contributed by atoms with Gasteiger partial charge in [-0.25, -0.2) is 4.79 Å². The van der Waals surface area contributed by atoms with Gasteiger partial charge in [0.05, 0.1) is 12.2 Å². The van der Waals surface area contributed by atoms with Crippen LogP contribution in [0.5, 0.6) is 23.0 Å². The van der Waals surface area contributed by atoms with Crippen LogP contribution in [0.1, 0.15) is 88.9 Å². The molecule has 3 aromatic carbocycles. The molecule has 3 rings (SSSR count). The Morgan fingerprint density at radius 2 is 1.33 bits per heavy atom. The minimum absolute atomic E-state index is 0.0695. The van der Waals surface area contributed by atoms with E-state index in [0.29, 0.717) is 12.2 Å². The summed E-state index contributed by atoms with van der Waals surface area (Å²) in [6, 6.07) is 19.1. The van der Waals surface area contributed by atoms with E-state index in [2.05, 4.69) is 6.92 Å². The molecule has 0 unspecified atom stereocenters. The number of carbonyl (C=O) groups is 2. The molecule has 0 amide bonds. The van der Waals surface area contributed by atoms with E-state index in [-0.39, 0.29) is 23.0 Å². The molecule has 0 aliphatic heterocycles. The Hall–Kier alpha value is -3.51. The topological polar surface area (TPSA) is 82.1 Å². The number of phenols is 1. The normalized spacial score (nSPS) is 11.7. The van der Waals surface area contributed by atoms with Crippen molar-refractivity contribution < 1.29 is 28.9 Å². The first kappa shape index (κ1) is 33.0.